The summed E-state index contributed by atoms with van der Waals surface area (Å²) in [4.78, 5) is 18.9. The number of ether oxygens (including phenoxy) is 1. The number of likely N-dealkylation sites (N-methyl/N-ethyl adjacent to an activating group) is 1. The van der Waals surface area contributed by atoms with Gasteiger partial charge in [-0.25, -0.2) is 4.98 Å². The zero-order chi connectivity index (χ0) is 18.2. The second-order valence-corrected chi connectivity index (χ2v) is 6.87. The van der Waals surface area contributed by atoms with Crippen molar-refractivity contribution in [1.29, 1.82) is 0 Å². The zero-order valence-electron chi connectivity index (χ0n) is 15.4. The van der Waals surface area contributed by atoms with Crippen molar-refractivity contribution in [2.24, 2.45) is 0 Å². The van der Waals surface area contributed by atoms with Crippen LogP contribution in [0.15, 0.2) is 29.6 Å². The number of hydrogen-bond acceptors (Lipinski definition) is 5. The molecule has 0 unspecified atom stereocenters. The van der Waals surface area contributed by atoms with Crippen molar-refractivity contribution < 1.29 is 9.53 Å². The molecule has 0 aliphatic heterocycles. The molecular weight excluding hydrogens is 334 g/mol. The summed E-state index contributed by atoms with van der Waals surface area (Å²) in [6.45, 7) is 11.7. The summed E-state index contributed by atoms with van der Waals surface area (Å²) < 4.78 is 5.65. The van der Waals surface area contributed by atoms with Crippen molar-refractivity contribution in [1.82, 2.24) is 15.2 Å². The summed E-state index contributed by atoms with van der Waals surface area (Å²) in [5.74, 6) is 0.721. The van der Waals surface area contributed by atoms with Gasteiger partial charge in [0.1, 0.15) is 16.5 Å². The Labute approximate surface area is 154 Å². The molecule has 1 aromatic carbocycles. The standard InChI is InChI=1S/C19H27N3O2S/c1-5-22(6-2)12-11-20-18(23)17-13-25-19(21-17)15-7-9-16(10-8-15)24-14(3)4/h7-10,13-14H,5-6,11-12H2,1-4H3,(H,20,23). The lowest BCUT2D eigenvalue weighted by Crippen LogP contribution is -2.34. The molecule has 2 aromatic rings. The molecule has 25 heavy (non-hydrogen) atoms. The molecule has 0 saturated carbocycles. The molecule has 0 spiro atoms. The van der Waals surface area contributed by atoms with E-state index in [-0.39, 0.29) is 12.0 Å². The van der Waals surface area contributed by atoms with E-state index in [0.717, 1.165) is 36.0 Å². The molecule has 1 heterocycles. The van der Waals surface area contributed by atoms with Crippen molar-refractivity contribution in [3.8, 4) is 16.3 Å². The molecule has 0 atom stereocenters. The Morgan fingerprint density at radius 1 is 1.24 bits per heavy atom. The molecule has 0 fully saturated rings. The van der Waals surface area contributed by atoms with Gasteiger partial charge >= 0.3 is 0 Å². The second-order valence-electron chi connectivity index (χ2n) is 6.01. The fraction of sp³-hybridized carbons (Fsp3) is 0.474. The van der Waals surface area contributed by atoms with Crippen molar-refractivity contribution in [3.05, 3.63) is 35.3 Å². The van der Waals surface area contributed by atoms with Crippen LogP contribution in [0.5, 0.6) is 5.75 Å². The summed E-state index contributed by atoms with van der Waals surface area (Å²) >= 11 is 1.48. The van der Waals surface area contributed by atoms with Crippen LogP contribution in [0.3, 0.4) is 0 Å². The maximum atomic E-state index is 12.2. The lowest BCUT2D eigenvalue weighted by molar-refractivity contribution is 0.0944. The minimum absolute atomic E-state index is 0.116. The molecule has 0 saturated heterocycles. The fourth-order valence-electron chi connectivity index (χ4n) is 2.42. The fourth-order valence-corrected chi connectivity index (χ4v) is 3.22. The van der Waals surface area contributed by atoms with Crippen LogP contribution in [-0.2, 0) is 0 Å². The first-order chi connectivity index (χ1) is 12.0. The molecule has 136 valence electrons. The lowest BCUT2D eigenvalue weighted by atomic mass is 10.2. The van der Waals surface area contributed by atoms with Crippen LogP contribution in [0.2, 0.25) is 0 Å². The van der Waals surface area contributed by atoms with E-state index in [1.54, 1.807) is 5.38 Å². The minimum atomic E-state index is -0.116. The Bertz CT molecular complexity index is 664. The first-order valence-corrected chi connectivity index (χ1v) is 9.64. The first-order valence-electron chi connectivity index (χ1n) is 8.76. The number of amides is 1. The zero-order valence-corrected chi connectivity index (χ0v) is 16.2. The third-order valence-electron chi connectivity index (χ3n) is 3.82. The predicted molar refractivity (Wildman–Crippen MR) is 103 cm³/mol. The third kappa shape index (κ3) is 5.83. The Morgan fingerprint density at radius 3 is 2.52 bits per heavy atom. The lowest BCUT2D eigenvalue weighted by Gasteiger charge is -2.17. The quantitative estimate of drug-likeness (QED) is 0.740. The summed E-state index contributed by atoms with van der Waals surface area (Å²) in [7, 11) is 0. The Kier molecular flexibility index (Phi) is 7.40. The number of hydrogen-bond donors (Lipinski definition) is 1. The van der Waals surface area contributed by atoms with Crippen LogP contribution < -0.4 is 10.1 Å². The van der Waals surface area contributed by atoms with Gasteiger partial charge in [0.05, 0.1) is 6.10 Å². The number of thiazole rings is 1. The van der Waals surface area contributed by atoms with Crippen molar-refractivity contribution in [2.45, 2.75) is 33.8 Å². The number of carbonyl (C=O) groups is 1. The van der Waals surface area contributed by atoms with E-state index in [1.807, 2.05) is 38.1 Å². The van der Waals surface area contributed by atoms with Crippen LogP contribution in [0.1, 0.15) is 38.2 Å². The minimum Gasteiger partial charge on any atom is -0.491 e. The highest BCUT2D eigenvalue weighted by molar-refractivity contribution is 7.13. The highest BCUT2D eigenvalue weighted by Gasteiger charge is 2.12. The molecule has 1 N–H and O–H groups in total. The number of nitrogens with one attached hydrogen (secondary N) is 1. The number of nitrogens with zero attached hydrogens (tertiary/aromatic N) is 2. The monoisotopic (exact) mass is 361 g/mol. The Morgan fingerprint density at radius 2 is 1.92 bits per heavy atom. The maximum absolute atomic E-state index is 12.2. The predicted octanol–water partition coefficient (Wildman–Crippen LogP) is 3.67. The average Bonchev–Trinajstić information content (AvgIpc) is 3.09. The van der Waals surface area contributed by atoms with Gasteiger partial charge in [-0.3, -0.25) is 4.79 Å². The van der Waals surface area contributed by atoms with E-state index in [4.69, 9.17) is 4.74 Å². The molecule has 0 bridgehead atoms. The van der Waals surface area contributed by atoms with E-state index < -0.39 is 0 Å². The van der Waals surface area contributed by atoms with Crippen LogP contribution in [0.4, 0.5) is 0 Å². The average molecular weight is 362 g/mol. The van der Waals surface area contributed by atoms with Crippen LogP contribution in [-0.4, -0.2) is 48.1 Å². The molecule has 1 amide bonds. The molecule has 0 aliphatic carbocycles. The highest BCUT2D eigenvalue weighted by atomic mass is 32.1. The highest BCUT2D eigenvalue weighted by Crippen LogP contribution is 2.26. The van der Waals surface area contributed by atoms with E-state index in [2.05, 4.69) is 29.0 Å². The van der Waals surface area contributed by atoms with Crippen LogP contribution in [0, 0.1) is 0 Å². The van der Waals surface area contributed by atoms with Gasteiger partial charge in [-0.05, 0) is 51.2 Å². The van der Waals surface area contributed by atoms with E-state index in [9.17, 15) is 4.79 Å². The molecule has 5 nitrogen and oxygen atoms in total. The van der Waals surface area contributed by atoms with Crippen molar-refractivity contribution in [3.63, 3.8) is 0 Å². The summed E-state index contributed by atoms with van der Waals surface area (Å²) in [5, 5.41) is 5.58. The van der Waals surface area contributed by atoms with Crippen LogP contribution in [0.25, 0.3) is 10.6 Å². The third-order valence-corrected chi connectivity index (χ3v) is 4.71. The van der Waals surface area contributed by atoms with Gasteiger partial charge in [0.2, 0.25) is 0 Å². The van der Waals surface area contributed by atoms with E-state index >= 15 is 0 Å². The summed E-state index contributed by atoms with van der Waals surface area (Å²) in [6, 6.07) is 7.80. The Balaban J connectivity index is 1.93. The van der Waals surface area contributed by atoms with E-state index in [0.29, 0.717) is 12.2 Å². The van der Waals surface area contributed by atoms with Crippen LogP contribution >= 0.6 is 11.3 Å². The molecule has 6 heteroatoms. The molecule has 0 radical (unpaired) electrons. The van der Waals surface area contributed by atoms with Gasteiger partial charge in [0.15, 0.2) is 0 Å². The normalized spacial score (nSPS) is 11.1. The SMILES string of the molecule is CCN(CC)CCNC(=O)c1csc(-c2ccc(OC(C)C)cc2)n1. The number of carbonyl (C=O) groups excluding carboxylic acids is 1. The largest absolute Gasteiger partial charge is 0.491 e. The molecule has 0 aliphatic rings. The van der Waals surface area contributed by atoms with Crippen molar-refractivity contribution in [2.75, 3.05) is 26.2 Å². The van der Waals surface area contributed by atoms with Gasteiger partial charge in [-0.15, -0.1) is 11.3 Å². The van der Waals surface area contributed by atoms with Gasteiger partial charge < -0.3 is 15.0 Å². The van der Waals surface area contributed by atoms with Crippen molar-refractivity contribution >= 4 is 17.2 Å². The maximum Gasteiger partial charge on any atom is 0.270 e. The number of aromatic nitrogens is 1. The van der Waals surface area contributed by atoms with E-state index in [1.165, 1.54) is 11.3 Å². The van der Waals surface area contributed by atoms with Gasteiger partial charge in [0, 0.05) is 24.0 Å². The summed E-state index contributed by atoms with van der Waals surface area (Å²) in [6.07, 6.45) is 0.150. The molecule has 1 aromatic heterocycles. The van der Waals surface area contributed by atoms with Gasteiger partial charge in [-0.1, -0.05) is 13.8 Å². The topological polar surface area (TPSA) is 54.5 Å². The van der Waals surface area contributed by atoms with Gasteiger partial charge in [0.25, 0.3) is 5.91 Å². The molecular formula is C19H27N3O2S. The molecule has 2 rings (SSSR count). The number of benzene rings is 1. The number of rotatable bonds is 9. The Hall–Kier alpha value is -1.92. The first kappa shape index (κ1) is 19.4. The smallest absolute Gasteiger partial charge is 0.270 e. The summed E-state index contributed by atoms with van der Waals surface area (Å²) in [5.41, 5.74) is 1.46. The van der Waals surface area contributed by atoms with Gasteiger partial charge in [-0.2, -0.15) is 0 Å². The second kappa shape index (κ2) is 9.53.